The quantitative estimate of drug-likeness (QED) is 0.731. The van der Waals surface area contributed by atoms with Gasteiger partial charge in [-0.2, -0.15) is 5.10 Å². The standard InChI is InChI=1S/C20H21ClN4O/c1-13(2)19-18(20(26)23-12-15-5-4-10-22-11-15)14(3)24-25(19)17-8-6-16(21)7-9-17/h4-11,13H,12H2,1-3H3,(H,23,26). The van der Waals surface area contributed by atoms with Crippen molar-refractivity contribution in [2.45, 2.75) is 33.2 Å². The number of hydrogen-bond acceptors (Lipinski definition) is 3. The van der Waals surface area contributed by atoms with Gasteiger partial charge in [-0.1, -0.05) is 31.5 Å². The number of halogens is 1. The molecular formula is C20H21ClN4O. The number of amides is 1. The van der Waals surface area contributed by atoms with Gasteiger partial charge in [0.2, 0.25) is 0 Å². The van der Waals surface area contributed by atoms with Crippen LogP contribution in [-0.4, -0.2) is 20.7 Å². The summed E-state index contributed by atoms with van der Waals surface area (Å²) in [4.78, 5) is 16.9. The molecule has 0 fully saturated rings. The summed E-state index contributed by atoms with van der Waals surface area (Å²) >= 11 is 5.99. The van der Waals surface area contributed by atoms with Crippen LogP contribution in [0.15, 0.2) is 48.8 Å². The van der Waals surface area contributed by atoms with Gasteiger partial charge >= 0.3 is 0 Å². The number of benzene rings is 1. The highest BCUT2D eigenvalue weighted by Crippen LogP contribution is 2.26. The Bertz CT molecular complexity index is 902. The molecular weight excluding hydrogens is 348 g/mol. The lowest BCUT2D eigenvalue weighted by Crippen LogP contribution is -2.25. The Morgan fingerprint density at radius 1 is 1.23 bits per heavy atom. The molecule has 26 heavy (non-hydrogen) atoms. The summed E-state index contributed by atoms with van der Waals surface area (Å²) in [5.41, 5.74) is 4.04. The van der Waals surface area contributed by atoms with Crippen molar-refractivity contribution in [3.8, 4) is 5.69 Å². The van der Waals surface area contributed by atoms with Crippen LogP contribution in [0.1, 0.15) is 47.1 Å². The molecule has 0 radical (unpaired) electrons. The first-order valence-corrected chi connectivity index (χ1v) is 8.87. The van der Waals surface area contributed by atoms with Gasteiger partial charge in [0.15, 0.2) is 0 Å². The number of aromatic nitrogens is 3. The molecule has 1 aromatic carbocycles. The maximum Gasteiger partial charge on any atom is 0.255 e. The lowest BCUT2D eigenvalue weighted by Gasteiger charge is -2.13. The van der Waals surface area contributed by atoms with Crippen LogP contribution < -0.4 is 5.32 Å². The zero-order valence-corrected chi connectivity index (χ0v) is 15.8. The van der Waals surface area contributed by atoms with Crippen LogP contribution in [0.5, 0.6) is 0 Å². The second-order valence-electron chi connectivity index (χ2n) is 6.43. The van der Waals surface area contributed by atoms with Crippen molar-refractivity contribution in [1.29, 1.82) is 0 Å². The average Bonchev–Trinajstić information content (AvgIpc) is 2.99. The molecule has 134 valence electrons. The Morgan fingerprint density at radius 2 is 1.96 bits per heavy atom. The van der Waals surface area contributed by atoms with Crippen molar-refractivity contribution in [3.05, 3.63) is 76.3 Å². The summed E-state index contributed by atoms with van der Waals surface area (Å²) in [5, 5.41) is 8.25. The second-order valence-corrected chi connectivity index (χ2v) is 6.87. The van der Waals surface area contributed by atoms with Crippen LogP contribution in [0.2, 0.25) is 5.02 Å². The van der Waals surface area contributed by atoms with Crippen LogP contribution >= 0.6 is 11.6 Å². The Labute approximate surface area is 158 Å². The highest BCUT2D eigenvalue weighted by Gasteiger charge is 2.24. The predicted molar refractivity (Wildman–Crippen MR) is 103 cm³/mol. The maximum atomic E-state index is 12.9. The smallest absolute Gasteiger partial charge is 0.255 e. The third kappa shape index (κ3) is 3.78. The van der Waals surface area contributed by atoms with Crippen molar-refractivity contribution >= 4 is 17.5 Å². The predicted octanol–water partition coefficient (Wildman–Crippen LogP) is 4.28. The molecule has 0 unspecified atom stereocenters. The third-order valence-corrected chi connectivity index (χ3v) is 4.37. The highest BCUT2D eigenvalue weighted by molar-refractivity contribution is 6.30. The minimum atomic E-state index is -0.129. The van der Waals surface area contributed by atoms with Gasteiger partial charge in [-0.25, -0.2) is 4.68 Å². The van der Waals surface area contributed by atoms with Gasteiger partial charge in [0.25, 0.3) is 5.91 Å². The monoisotopic (exact) mass is 368 g/mol. The number of aryl methyl sites for hydroxylation is 1. The van der Waals surface area contributed by atoms with E-state index in [2.05, 4.69) is 29.2 Å². The molecule has 0 atom stereocenters. The average molecular weight is 369 g/mol. The molecule has 0 spiro atoms. The van der Waals surface area contributed by atoms with Crippen molar-refractivity contribution in [3.63, 3.8) is 0 Å². The normalized spacial score (nSPS) is 11.0. The van der Waals surface area contributed by atoms with Crippen LogP contribution in [0.25, 0.3) is 5.69 Å². The fourth-order valence-electron chi connectivity index (χ4n) is 2.91. The molecule has 6 heteroatoms. The number of nitrogens with zero attached hydrogens (tertiary/aromatic N) is 3. The van der Waals surface area contributed by atoms with E-state index < -0.39 is 0 Å². The van der Waals surface area contributed by atoms with Crippen molar-refractivity contribution < 1.29 is 4.79 Å². The van der Waals surface area contributed by atoms with Gasteiger partial charge in [0.05, 0.1) is 22.6 Å². The van der Waals surface area contributed by atoms with Crippen LogP contribution in [0.4, 0.5) is 0 Å². The van der Waals surface area contributed by atoms with E-state index in [1.54, 1.807) is 12.4 Å². The highest BCUT2D eigenvalue weighted by atomic mass is 35.5. The maximum absolute atomic E-state index is 12.9. The number of carbonyl (C=O) groups excluding carboxylic acids is 1. The van der Waals surface area contributed by atoms with Crippen LogP contribution in [-0.2, 0) is 6.54 Å². The summed E-state index contributed by atoms with van der Waals surface area (Å²) in [6.45, 7) is 6.40. The number of carbonyl (C=O) groups is 1. The van der Waals surface area contributed by atoms with Crippen molar-refractivity contribution in [1.82, 2.24) is 20.1 Å². The molecule has 2 heterocycles. The summed E-state index contributed by atoms with van der Waals surface area (Å²) in [5.74, 6) is 0.00119. The van der Waals surface area contributed by atoms with E-state index in [1.165, 1.54) is 0 Å². The number of pyridine rings is 1. The van der Waals surface area contributed by atoms with E-state index in [0.29, 0.717) is 22.8 Å². The SMILES string of the molecule is Cc1nn(-c2ccc(Cl)cc2)c(C(C)C)c1C(=O)NCc1cccnc1. The lowest BCUT2D eigenvalue weighted by molar-refractivity contribution is 0.0949. The van der Waals surface area contributed by atoms with E-state index in [0.717, 1.165) is 16.9 Å². The van der Waals surface area contributed by atoms with Gasteiger partial charge in [-0.15, -0.1) is 0 Å². The Hall–Kier alpha value is -2.66. The van der Waals surface area contributed by atoms with E-state index in [1.807, 2.05) is 48.0 Å². The molecule has 3 aromatic rings. The zero-order valence-electron chi connectivity index (χ0n) is 15.0. The summed E-state index contributed by atoms with van der Waals surface area (Å²) in [7, 11) is 0. The molecule has 0 aliphatic rings. The summed E-state index contributed by atoms with van der Waals surface area (Å²) in [6.07, 6.45) is 3.45. The minimum Gasteiger partial charge on any atom is -0.348 e. The Kier molecular flexibility index (Phi) is 5.38. The third-order valence-electron chi connectivity index (χ3n) is 4.12. The molecule has 1 amide bonds. The summed E-state index contributed by atoms with van der Waals surface area (Å²) < 4.78 is 1.83. The van der Waals surface area contributed by atoms with Crippen LogP contribution in [0, 0.1) is 6.92 Å². The number of rotatable bonds is 5. The Balaban J connectivity index is 1.93. The second kappa shape index (κ2) is 7.70. The molecule has 3 rings (SSSR count). The minimum absolute atomic E-state index is 0.129. The van der Waals surface area contributed by atoms with E-state index in [4.69, 9.17) is 11.6 Å². The largest absolute Gasteiger partial charge is 0.348 e. The first kappa shape index (κ1) is 18.1. The number of nitrogens with one attached hydrogen (secondary N) is 1. The molecule has 0 bridgehead atoms. The van der Waals surface area contributed by atoms with Gasteiger partial charge in [-0.3, -0.25) is 9.78 Å². The fraction of sp³-hybridized carbons (Fsp3) is 0.250. The van der Waals surface area contributed by atoms with Gasteiger partial charge in [0, 0.05) is 24.0 Å². The molecule has 0 saturated heterocycles. The summed E-state index contributed by atoms with van der Waals surface area (Å²) in [6, 6.07) is 11.2. The molecule has 0 aliphatic heterocycles. The fourth-order valence-corrected chi connectivity index (χ4v) is 3.04. The molecule has 5 nitrogen and oxygen atoms in total. The van der Waals surface area contributed by atoms with E-state index >= 15 is 0 Å². The van der Waals surface area contributed by atoms with Gasteiger partial charge < -0.3 is 5.32 Å². The molecule has 0 aliphatic carbocycles. The lowest BCUT2D eigenvalue weighted by atomic mass is 10.0. The van der Waals surface area contributed by atoms with E-state index in [-0.39, 0.29) is 11.8 Å². The first-order valence-electron chi connectivity index (χ1n) is 8.50. The van der Waals surface area contributed by atoms with Crippen molar-refractivity contribution in [2.24, 2.45) is 0 Å². The zero-order chi connectivity index (χ0) is 18.7. The first-order chi connectivity index (χ1) is 12.5. The van der Waals surface area contributed by atoms with Crippen LogP contribution in [0.3, 0.4) is 0 Å². The molecule has 0 saturated carbocycles. The topological polar surface area (TPSA) is 59.8 Å². The Morgan fingerprint density at radius 3 is 2.58 bits per heavy atom. The van der Waals surface area contributed by atoms with E-state index in [9.17, 15) is 4.79 Å². The molecule has 2 aromatic heterocycles. The molecule has 1 N–H and O–H groups in total. The van der Waals surface area contributed by atoms with Gasteiger partial charge in [-0.05, 0) is 48.7 Å². The number of hydrogen-bond donors (Lipinski definition) is 1. The van der Waals surface area contributed by atoms with Gasteiger partial charge in [0.1, 0.15) is 0 Å². The van der Waals surface area contributed by atoms with Crippen molar-refractivity contribution in [2.75, 3.05) is 0 Å².